The Morgan fingerprint density at radius 2 is 1.79 bits per heavy atom. The summed E-state index contributed by atoms with van der Waals surface area (Å²) in [5, 5.41) is 23.2. The zero-order valence-electron chi connectivity index (χ0n) is 16.6. The summed E-state index contributed by atoms with van der Waals surface area (Å²) in [4.78, 5) is 12.4. The molecule has 0 spiro atoms. The van der Waals surface area contributed by atoms with Gasteiger partial charge >= 0.3 is 0 Å². The molecule has 0 atom stereocenters. The maximum absolute atomic E-state index is 12.4. The van der Waals surface area contributed by atoms with Crippen LogP contribution >= 0.6 is 11.8 Å². The van der Waals surface area contributed by atoms with Crippen molar-refractivity contribution in [3.8, 4) is 5.75 Å². The summed E-state index contributed by atoms with van der Waals surface area (Å²) in [5.74, 6) is 0.474. The molecule has 0 aliphatic carbocycles. The zero-order chi connectivity index (χ0) is 20.5. The van der Waals surface area contributed by atoms with Gasteiger partial charge in [-0.2, -0.15) is 0 Å². The smallest absolute Gasteiger partial charge is 0.230 e. The van der Waals surface area contributed by atoms with E-state index in [-0.39, 0.29) is 11.7 Å². The van der Waals surface area contributed by atoms with Crippen LogP contribution in [0.1, 0.15) is 22.3 Å². The summed E-state index contributed by atoms with van der Waals surface area (Å²) in [6.07, 6.45) is 0. The first kappa shape index (κ1) is 19.3. The number of carbonyl (C=O) groups excluding carboxylic acids is 1. The molecule has 0 fully saturated rings. The van der Waals surface area contributed by atoms with Crippen LogP contribution in [-0.4, -0.2) is 31.4 Å². The van der Waals surface area contributed by atoms with Gasteiger partial charge in [-0.1, -0.05) is 42.1 Å². The summed E-state index contributed by atoms with van der Waals surface area (Å²) in [6.45, 7) is 6.19. The topological polar surface area (TPSA) is 79.5 Å². The highest BCUT2D eigenvalue weighted by Crippen LogP contribution is 2.26. The Hall–Kier alpha value is -3.06. The van der Waals surface area contributed by atoms with Crippen LogP contribution in [0.2, 0.25) is 0 Å². The highest BCUT2D eigenvalue weighted by atomic mass is 32.2. The van der Waals surface area contributed by atoms with Gasteiger partial charge < -0.3 is 10.4 Å². The standard InChI is InChI=1S/C22H22N4O2S/c1-13-10-19-24-25-22(26(19)18-7-5-4-6-17(13)18)29-12-20(27)23-11-16-8-14(2)21(28)15(3)9-16/h4-10,28H,11-12H2,1-3H3,(H,23,27). The monoisotopic (exact) mass is 406 g/mol. The molecule has 2 heterocycles. The number of para-hydroxylation sites is 1. The van der Waals surface area contributed by atoms with Crippen LogP contribution in [0.25, 0.3) is 16.6 Å². The van der Waals surface area contributed by atoms with E-state index >= 15 is 0 Å². The van der Waals surface area contributed by atoms with E-state index in [0.717, 1.165) is 38.8 Å². The molecule has 6 nitrogen and oxygen atoms in total. The predicted octanol–water partition coefficient (Wildman–Crippen LogP) is 3.92. The number of nitrogens with zero attached hydrogens (tertiary/aromatic N) is 3. The lowest BCUT2D eigenvalue weighted by Gasteiger charge is -2.09. The first-order valence-electron chi connectivity index (χ1n) is 9.36. The number of phenols is 1. The third-order valence-corrected chi connectivity index (χ3v) is 5.88. The molecule has 0 unspecified atom stereocenters. The number of phenolic OH excluding ortho intramolecular Hbond substituents is 1. The minimum Gasteiger partial charge on any atom is -0.507 e. The van der Waals surface area contributed by atoms with Gasteiger partial charge in [0, 0.05) is 11.9 Å². The summed E-state index contributed by atoms with van der Waals surface area (Å²) >= 11 is 1.37. The normalized spacial score (nSPS) is 11.3. The number of benzene rings is 2. The Bertz CT molecular complexity index is 1210. The number of nitrogens with one attached hydrogen (secondary N) is 1. The van der Waals surface area contributed by atoms with E-state index in [1.54, 1.807) is 0 Å². The Morgan fingerprint density at radius 1 is 1.07 bits per heavy atom. The maximum Gasteiger partial charge on any atom is 0.230 e. The second-order valence-corrected chi connectivity index (χ2v) is 8.11. The van der Waals surface area contributed by atoms with Gasteiger partial charge in [-0.15, -0.1) is 10.2 Å². The molecule has 4 aromatic rings. The molecular formula is C22H22N4O2S. The van der Waals surface area contributed by atoms with Crippen molar-refractivity contribution in [3.63, 3.8) is 0 Å². The lowest BCUT2D eigenvalue weighted by atomic mass is 10.1. The molecule has 4 rings (SSSR count). The number of hydrogen-bond donors (Lipinski definition) is 2. The maximum atomic E-state index is 12.4. The van der Waals surface area contributed by atoms with Crippen molar-refractivity contribution in [3.05, 3.63) is 64.7 Å². The molecule has 0 aliphatic heterocycles. The van der Waals surface area contributed by atoms with Gasteiger partial charge in [0.05, 0.1) is 11.3 Å². The Kier molecular flexibility index (Phi) is 5.15. The van der Waals surface area contributed by atoms with Crippen LogP contribution in [0, 0.1) is 20.8 Å². The van der Waals surface area contributed by atoms with E-state index in [4.69, 9.17) is 0 Å². The number of rotatable bonds is 5. The zero-order valence-corrected chi connectivity index (χ0v) is 17.4. The Morgan fingerprint density at radius 3 is 2.55 bits per heavy atom. The third-order valence-electron chi connectivity index (χ3n) is 4.95. The minimum atomic E-state index is -0.0773. The SMILES string of the molecule is Cc1cc(CNC(=O)CSc2nnc3cc(C)c4ccccc4n23)cc(C)c1O. The number of carbonyl (C=O) groups is 1. The third kappa shape index (κ3) is 3.78. The van der Waals surface area contributed by atoms with Crippen molar-refractivity contribution in [1.29, 1.82) is 0 Å². The van der Waals surface area contributed by atoms with E-state index in [1.165, 1.54) is 11.8 Å². The number of aromatic nitrogens is 3. The molecule has 2 aromatic carbocycles. The van der Waals surface area contributed by atoms with Crippen LogP contribution in [0.15, 0.2) is 47.6 Å². The predicted molar refractivity (Wildman–Crippen MR) is 115 cm³/mol. The number of aryl methyl sites for hydroxylation is 3. The van der Waals surface area contributed by atoms with E-state index in [0.29, 0.717) is 17.5 Å². The molecule has 0 saturated heterocycles. The quantitative estimate of drug-likeness (QED) is 0.491. The van der Waals surface area contributed by atoms with Gasteiger partial charge in [0.1, 0.15) is 5.75 Å². The molecule has 29 heavy (non-hydrogen) atoms. The summed E-state index contributed by atoms with van der Waals surface area (Å²) in [7, 11) is 0. The summed E-state index contributed by atoms with van der Waals surface area (Å²) < 4.78 is 1.99. The summed E-state index contributed by atoms with van der Waals surface area (Å²) in [5.41, 5.74) is 5.53. The number of hydrogen-bond acceptors (Lipinski definition) is 5. The van der Waals surface area contributed by atoms with Gasteiger partial charge in [0.15, 0.2) is 10.8 Å². The fourth-order valence-corrected chi connectivity index (χ4v) is 4.28. The molecule has 0 aliphatic rings. The van der Waals surface area contributed by atoms with Crippen molar-refractivity contribution < 1.29 is 9.90 Å². The molecule has 2 N–H and O–H groups in total. The van der Waals surface area contributed by atoms with Crippen molar-refractivity contribution in [2.75, 3.05) is 5.75 Å². The molecular weight excluding hydrogens is 384 g/mol. The molecule has 0 radical (unpaired) electrons. The molecule has 7 heteroatoms. The largest absolute Gasteiger partial charge is 0.507 e. The van der Waals surface area contributed by atoms with Crippen LogP contribution in [0.3, 0.4) is 0 Å². The number of fused-ring (bicyclic) bond motifs is 3. The van der Waals surface area contributed by atoms with E-state index < -0.39 is 0 Å². The van der Waals surface area contributed by atoms with Crippen molar-refractivity contribution in [1.82, 2.24) is 19.9 Å². The van der Waals surface area contributed by atoms with Crippen molar-refractivity contribution >= 4 is 34.2 Å². The van der Waals surface area contributed by atoms with E-state index in [2.05, 4.69) is 28.5 Å². The van der Waals surface area contributed by atoms with Gasteiger partial charge in [0.2, 0.25) is 5.91 Å². The van der Waals surface area contributed by atoms with E-state index in [1.807, 2.05) is 54.6 Å². The van der Waals surface area contributed by atoms with Crippen LogP contribution in [0.4, 0.5) is 0 Å². The second kappa shape index (κ2) is 7.75. The first-order valence-corrected chi connectivity index (χ1v) is 10.3. The summed E-state index contributed by atoms with van der Waals surface area (Å²) in [6, 6.07) is 13.9. The van der Waals surface area contributed by atoms with Crippen molar-refractivity contribution in [2.45, 2.75) is 32.5 Å². The van der Waals surface area contributed by atoms with Crippen LogP contribution in [0.5, 0.6) is 5.75 Å². The minimum absolute atomic E-state index is 0.0773. The fraction of sp³-hybridized carbons (Fsp3) is 0.227. The average Bonchev–Trinajstić information content (AvgIpc) is 3.12. The second-order valence-electron chi connectivity index (χ2n) is 7.16. The number of amides is 1. The average molecular weight is 407 g/mol. The molecule has 2 aromatic heterocycles. The number of pyridine rings is 1. The molecule has 0 bridgehead atoms. The van der Waals surface area contributed by atoms with Crippen LogP contribution in [-0.2, 0) is 11.3 Å². The molecule has 148 valence electrons. The number of aromatic hydroxyl groups is 1. The van der Waals surface area contributed by atoms with E-state index in [9.17, 15) is 9.90 Å². The number of thioether (sulfide) groups is 1. The van der Waals surface area contributed by atoms with Crippen LogP contribution < -0.4 is 5.32 Å². The molecule has 1 amide bonds. The van der Waals surface area contributed by atoms with Crippen molar-refractivity contribution in [2.24, 2.45) is 0 Å². The first-order chi connectivity index (χ1) is 13.9. The highest BCUT2D eigenvalue weighted by Gasteiger charge is 2.13. The van der Waals surface area contributed by atoms with Gasteiger partial charge in [-0.25, -0.2) is 0 Å². The van der Waals surface area contributed by atoms with Gasteiger partial charge in [-0.3, -0.25) is 9.20 Å². The fourth-order valence-electron chi connectivity index (χ4n) is 3.50. The van der Waals surface area contributed by atoms with Gasteiger partial charge in [-0.05, 0) is 55.2 Å². The Balaban J connectivity index is 1.47. The lowest BCUT2D eigenvalue weighted by molar-refractivity contribution is -0.118. The Labute approximate surface area is 173 Å². The highest BCUT2D eigenvalue weighted by molar-refractivity contribution is 7.99. The lowest BCUT2D eigenvalue weighted by Crippen LogP contribution is -2.24. The van der Waals surface area contributed by atoms with Gasteiger partial charge in [0.25, 0.3) is 0 Å². The molecule has 0 saturated carbocycles.